The summed E-state index contributed by atoms with van der Waals surface area (Å²) in [6.07, 6.45) is 11.8. The lowest BCUT2D eigenvalue weighted by atomic mass is 10.1. The van der Waals surface area contributed by atoms with E-state index in [0.29, 0.717) is 6.54 Å². The zero-order chi connectivity index (χ0) is 24.7. The normalized spacial score (nSPS) is 16.5. The molecule has 2 aromatic carbocycles. The first-order valence-electron chi connectivity index (χ1n) is 12.6. The number of rotatable bonds is 8. The first-order chi connectivity index (χ1) is 17.7. The molecular weight excluding hydrogens is 448 g/mol. The number of amides is 1. The number of carbonyl (C=O) groups is 1. The highest BCUT2D eigenvalue weighted by Gasteiger charge is 2.18. The number of para-hydroxylation sites is 1. The second-order valence-corrected chi connectivity index (χ2v) is 9.39. The fraction of sp³-hybridized carbons (Fsp3) is 0.267. The largest absolute Gasteiger partial charge is 0.392 e. The van der Waals surface area contributed by atoms with E-state index in [1.807, 2.05) is 30.3 Å². The van der Waals surface area contributed by atoms with Crippen molar-refractivity contribution in [2.75, 3.05) is 19.6 Å². The molecule has 1 aliphatic rings. The van der Waals surface area contributed by atoms with Gasteiger partial charge in [-0.2, -0.15) is 0 Å². The van der Waals surface area contributed by atoms with Gasteiger partial charge in [-0.3, -0.25) is 9.78 Å². The maximum Gasteiger partial charge on any atom is 0.244 e. The number of carbonyl (C=O) groups excluding carboxylic acids is 1. The Morgan fingerprint density at radius 3 is 2.78 bits per heavy atom. The Balaban J connectivity index is 1.26. The van der Waals surface area contributed by atoms with E-state index in [2.05, 4.69) is 62.4 Å². The number of hydrogen-bond donors (Lipinski definition) is 2. The molecule has 1 unspecified atom stereocenters. The standard InChI is InChI=1S/C30H32N4O2/c35-27-6-4-17-33(22-27)18-15-25-21-34(29-8-2-1-7-28(25)29)26-12-9-23(10-13-26)11-14-30(36)32-20-24-5-3-16-31-19-24/h1-3,5,7-14,16,19,21,27,35H,4,6,15,17-18,20,22H2,(H,32,36)/b14-11+. The van der Waals surface area contributed by atoms with Crippen molar-refractivity contribution < 1.29 is 9.90 Å². The number of hydrogen-bond acceptors (Lipinski definition) is 4. The van der Waals surface area contributed by atoms with Crippen molar-refractivity contribution >= 4 is 22.9 Å². The quantitative estimate of drug-likeness (QED) is 0.368. The van der Waals surface area contributed by atoms with E-state index in [4.69, 9.17) is 0 Å². The molecule has 1 saturated heterocycles. The minimum atomic E-state index is -0.195. The van der Waals surface area contributed by atoms with Crippen LogP contribution in [0.3, 0.4) is 0 Å². The van der Waals surface area contributed by atoms with Crippen LogP contribution >= 0.6 is 0 Å². The predicted octanol–water partition coefficient (Wildman–Crippen LogP) is 4.35. The van der Waals surface area contributed by atoms with Gasteiger partial charge in [0.05, 0.1) is 11.6 Å². The van der Waals surface area contributed by atoms with Crippen LogP contribution < -0.4 is 5.32 Å². The first kappa shape index (κ1) is 24.0. The van der Waals surface area contributed by atoms with Gasteiger partial charge in [-0.1, -0.05) is 36.4 Å². The van der Waals surface area contributed by atoms with Crippen LogP contribution in [0, 0.1) is 0 Å². The van der Waals surface area contributed by atoms with Crippen LogP contribution in [0.2, 0.25) is 0 Å². The van der Waals surface area contributed by atoms with Crippen molar-refractivity contribution in [2.24, 2.45) is 0 Å². The molecule has 0 spiro atoms. The van der Waals surface area contributed by atoms with Crippen molar-refractivity contribution in [2.45, 2.75) is 31.9 Å². The lowest BCUT2D eigenvalue weighted by Gasteiger charge is -2.29. The van der Waals surface area contributed by atoms with Gasteiger partial charge < -0.3 is 19.9 Å². The molecule has 2 N–H and O–H groups in total. The number of nitrogens with one attached hydrogen (secondary N) is 1. The fourth-order valence-corrected chi connectivity index (χ4v) is 4.84. The molecule has 2 aromatic heterocycles. The van der Waals surface area contributed by atoms with Crippen LogP contribution in [0.5, 0.6) is 0 Å². The summed E-state index contributed by atoms with van der Waals surface area (Å²) >= 11 is 0. The topological polar surface area (TPSA) is 70.4 Å². The Hall–Kier alpha value is -3.74. The van der Waals surface area contributed by atoms with Gasteiger partial charge in [-0.15, -0.1) is 0 Å². The van der Waals surface area contributed by atoms with Crippen LogP contribution in [0.25, 0.3) is 22.7 Å². The number of piperidine rings is 1. The molecule has 36 heavy (non-hydrogen) atoms. The van der Waals surface area contributed by atoms with Crippen molar-refractivity contribution in [1.29, 1.82) is 0 Å². The van der Waals surface area contributed by atoms with E-state index < -0.39 is 0 Å². The Morgan fingerprint density at radius 2 is 1.97 bits per heavy atom. The van der Waals surface area contributed by atoms with Crippen molar-refractivity contribution in [3.05, 3.63) is 102 Å². The van der Waals surface area contributed by atoms with E-state index in [0.717, 1.165) is 55.7 Å². The highest BCUT2D eigenvalue weighted by Crippen LogP contribution is 2.26. The maximum atomic E-state index is 12.2. The number of pyridine rings is 1. The van der Waals surface area contributed by atoms with Crippen LogP contribution in [-0.2, 0) is 17.8 Å². The van der Waals surface area contributed by atoms with Gasteiger partial charge in [-0.25, -0.2) is 0 Å². The maximum absolute atomic E-state index is 12.2. The third-order valence-corrected chi connectivity index (χ3v) is 6.76. The predicted molar refractivity (Wildman–Crippen MR) is 144 cm³/mol. The zero-order valence-corrected chi connectivity index (χ0v) is 20.4. The summed E-state index contributed by atoms with van der Waals surface area (Å²) < 4.78 is 2.24. The molecule has 184 valence electrons. The Kier molecular flexibility index (Phi) is 7.55. The molecule has 6 nitrogen and oxygen atoms in total. The number of fused-ring (bicyclic) bond motifs is 1. The molecule has 1 amide bonds. The molecule has 3 heterocycles. The molecule has 1 fully saturated rings. The molecule has 6 heteroatoms. The smallest absolute Gasteiger partial charge is 0.244 e. The lowest BCUT2D eigenvalue weighted by molar-refractivity contribution is -0.116. The summed E-state index contributed by atoms with van der Waals surface area (Å²) in [5.41, 5.74) is 5.53. The first-order valence-corrected chi connectivity index (χ1v) is 12.6. The van der Waals surface area contributed by atoms with Gasteiger partial charge in [0.2, 0.25) is 5.91 Å². The number of aromatic nitrogens is 2. The highest BCUT2D eigenvalue weighted by molar-refractivity contribution is 5.91. The molecule has 0 aliphatic carbocycles. The van der Waals surface area contributed by atoms with Crippen molar-refractivity contribution in [3.63, 3.8) is 0 Å². The molecule has 0 radical (unpaired) electrons. The summed E-state index contributed by atoms with van der Waals surface area (Å²) in [5.74, 6) is -0.134. The van der Waals surface area contributed by atoms with E-state index in [-0.39, 0.29) is 12.0 Å². The Morgan fingerprint density at radius 1 is 1.11 bits per heavy atom. The number of aliphatic hydroxyl groups is 1. The minimum absolute atomic E-state index is 0.134. The fourth-order valence-electron chi connectivity index (χ4n) is 4.84. The second-order valence-electron chi connectivity index (χ2n) is 9.39. The van der Waals surface area contributed by atoms with E-state index >= 15 is 0 Å². The lowest BCUT2D eigenvalue weighted by Crippen LogP contribution is -2.39. The average molecular weight is 481 g/mol. The molecule has 0 bridgehead atoms. The van der Waals surface area contributed by atoms with Gasteiger partial charge in [0.1, 0.15) is 0 Å². The van der Waals surface area contributed by atoms with Crippen LogP contribution in [0.15, 0.2) is 85.3 Å². The second kappa shape index (κ2) is 11.3. The van der Waals surface area contributed by atoms with Crippen molar-refractivity contribution in [3.8, 4) is 5.69 Å². The van der Waals surface area contributed by atoms with Gasteiger partial charge in [0.25, 0.3) is 0 Å². The highest BCUT2D eigenvalue weighted by atomic mass is 16.3. The summed E-state index contributed by atoms with van der Waals surface area (Å²) in [5, 5.41) is 14.1. The summed E-state index contributed by atoms with van der Waals surface area (Å²) in [7, 11) is 0. The van der Waals surface area contributed by atoms with E-state index in [1.54, 1.807) is 18.5 Å². The van der Waals surface area contributed by atoms with Gasteiger partial charge in [-0.05, 0) is 72.8 Å². The van der Waals surface area contributed by atoms with Crippen molar-refractivity contribution in [1.82, 2.24) is 19.8 Å². The third-order valence-electron chi connectivity index (χ3n) is 6.76. The molecule has 4 aromatic rings. The summed E-state index contributed by atoms with van der Waals surface area (Å²) in [6, 6.07) is 20.5. The minimum Gasteiger partial charge on any atom is -0.392 e. The summed E-state index contributed by atoms with van der Waals surface area (Å²) in [6.45, 7) is 3.25. The summed E-state index contributed by atoms with van der Waals surface area (Å²) in [4.78, 5) is 18.6. The van der Waals surface area contributed by atoms with E-state index in [9.17, 15) is 9.90 Å². The Labute approximate surface area is 211 Å². The van der Waals surface area contributed by atoms with Crippen LogP contribution in [0.1, 0.15) is 29.5 Å². The number of benzene rings is 2. The number of likely N-dealkylation sites (tertiary alicyclic amines) is 1. The van der Waals surface area contributed by atoms with E-state index in [1.165, 1.54) is 16.5 Å². The number of aliphatic hydroxyl groups excluding tert-OH is 1. The Bertz CT molecular complexity index is 1330. The molecule has 0 saturated carbocycles. The molecule has 1 aliphatic heterocycles. The molecule has 5 rings (SSSR count). The zero-order valence-electron chi connectivity index (χ0n) is 20.4. The SMILES string of the molecule is O=C(/C=C/c1ccc(-n2cc(CCN3CCCC(O)C3)c3ccccc32)cc1)NCc1cccnc1. The average Bonchev–Trinajstić information content (AvgIpc) is 3.29. The van der Waals surface area contributed by atoms with Crippen LogP contribution in [0.4, 0.5) is 0 Å². The van der Waals surface area contributed by atoms with Crippen LogP contribution in [-0.4, -0.2) is 51.2 Å². The third kappa shape index (κ3) is 5.90. The number of β-amino-alcohol motifs (C(OH)–C–C–N with tert-alkyl or cyclic N) is 1. The molecular formula is C30H32N4O2. The van der Waals surface area contributed by atoms with Gasteiger partial charge >= 0.3 is 0 Å². The van der Waals surface area contributed by atoms with Gasteiger partial charge in [0.15, 0.2) is 0 Å². The number of nitrogens with zero attached hydrogens (tertiary/aromatic N) is 3. The molecule has 1 atom stereocenters. The van der Waals surface area contributed by atoms with Gasteiger partial charge in [0, 0.05) is 55.4 Å². The monoisotopic (exact) mass is 480 g/mol.